The normalized spacial score (nSPS) is 13.1. The Morgan fingerprint density at radius 1 is 1.20 bits per heavy atom. The summed E-state index contributed by atoms with van der Waals surface area (Å²) in [6, 6.07) is 5.84. The molecule has 1 aliphatic heterocycles. The van der Waals surface area contributed by atoms with E-state index in [1.165, 1.54) is 25.1 Å². The molecule has 0 radical (unpaired) electrons. The molecule has 0 aliphatic carbocycles. The number of benzene rings is 1. The number of ketones is 1. The van der Waals surface area contributed by atoms with Gasteiger partial charge in [0.15, 0.2) is 5.78 Å². The van der Waals surface area contributed by atoms with Crippen LogP contribution in [-0.2, 0) is 4.79 Å². The largest absolute Gasteiger partial charge is 0.358 e. The van der Waals surface area contributed by atoms with Crippen LogP contribution >= 0.6 is 0 Å². The molecule has 1 amide bonds. The van der Waals surface area contributed by atoms with E-state index in [-0.39, 0.29) is 11.7 Å². The number of halogens is 1. The van der Waals surface area contributed by atoms with Crippen LogP contribution < -0.4 is 5.32 Å². The van der Waals surface area contributed by atoms with Gasteiger partial charge in [-0.15, -0.1) is 12.8 Å². The molecule has 2 heterocycles. The maximum absolute atomic E-state index is 13.4. The monoisotopic (exact) mass is 340 g/mol. The highest BCUT2D eigenvalue weighted by atomic mass is 19.1. The maximum Gasteiger partial charge on any atom is 0.256 e. The molecule has 0 unspecified atom stereocenters. The fourth-order valence-electron chi connectivity index (χ4n) is 2.49. The summed E-state index contributed by atoms with van der Waals surface area (Å²) in [6.07, 6.45) is 9.63. The molecule has 130 valence electrons. The van der Waals surface area contributed by atoms with Crippen molar-refractivity contribution in [1.29, 1.82) is 0 Å². The van der Waals surface area contributed by atoms with Crippen LogP contribution in [0.2, 0.25) is 0 Å². The molecular weight excluding hydrogens is 319 g/mol. The van der Waals surface area contributed by atoms with Gasteiger partial charge < -0.3 is 10.3 Å². The van der Waals surface area contributed by atoms with Crippen LogP contribution in [0.4, 0.5) is 10.1 Å². The second-order valence-electron chi connectivity index (χ2n) is 5.02. The number of fused-ring (bicyclic) bond motifs is 1. The van der Waals surface area contributed by atoms with Gasteiger partial charge in [-0.25, -0.2) is 4.39 Å². The highest BCUT2D eigenvalue weighted by molar-refractivity contribution is 6.34. The molecule has 2 aromatic rings. The molecule has 25 heavy (non-hydrogen) atoms. The van der Waals surface area contributed by atoms with Gasteiger partial charge in [-0.05, 0) is 44.2 Å². The molecular formula is C20H21FN2O2. The summed E-state index contributed by atoms with van der Waals surface area (Å²) in [5.74, 6) is -0.730. The second kappa shape index (κ2) is 8.65. The van der Waals surface area contributed by atoms with Gasteiger partial charge in [0.1, 0.15) is 5.82 Å². The predicted molar refractivity (Wildman–Crippen MR) is 99.7 cm³/mol. The van der Waals surface area contributed by atoms with Gasteiger partial charge in [0, 0.05) is 28.2 Å². The first-order valence-electron chi connectivity index (χ1n) is 7.82. The van der Waals surface area contributed by atoms with E-state index in [4.69, 9.17) is 0 Å². The van der Waals surface area contributed by atoms with Crippen LogP contribution in [0.3, 0.4) is 0 Å². The Kier molecular flexibility index (Phi) is 6.89. The van der Waals surface area contributed by atoms with Gasteiger partial charge in [-0.1, -0.05) is 13.8 Å². The third kappa shape index (κ3) is 4.24. The van der Waals surface area contributed by atoms with E-state index in [9.17, 15) is 14.0 Å². The first-order chi connectivity index (χ1) is 12.0. The van der Waals surface area contributed by atoms with E-state index in [0.717, 1.165) is 5.69 Å². The van der Waals surface area contributed by atoms with Crippen molar-refractivity contribution >= 4 is 29.0 Å². The summed E-state index contributed by atoms with van der Waals surface area (Å²) in [5, 5.41) is 2.68. The van der Waals surface area contributed by atoms with E-state index in [1.54, 1.807) is 19.1 Å². The van der Waals surface area contributed by atoms with Crippen molar-refractivity contribution in [2.24, 2.45) is 0 Å². The molecule has 0 atom stereocenters. The molecule has 3 rings (SSSR count). The number of hydrogen-bond acceptors (Lipinski definition) is 2. The highest BCUT2D eigenvalue weighted by Gasteiger charge is 2.24. The number of carbonyl (C=O) groups is 2. The number of nitrogens with one attached hydrogen (secondary N) is 2. The van der Waals surface area contributed by atoms with Crippen LogP contribution in [-0.4, -0.2) is 16.7 Å². The Labute approximate surface area is 147 Å². The van der Waals surface area contributed by atoms with E-state index < -0.39 is 5.82 Å². The van der Waals surface area contributed by atoms with Crippen molar-refractivity contribution in [2.45, 2.75) is 27.7 Å². The fourth-order valence-corrected chi connectivity index (χ4v) is 2.49. The Bertz CT molecular complexity index is 845. The molecule has 5 heteroatoms. The number of rotatable bonds is 2. The summed E-state index contributed by atoms with van der Waals surface area (Å²) < 4.78 is 13.4. The lowest BCUT2D eigenvalue weighted by Crippen LogP contribution is -2.03. The average molecular weight is 340 g/mol. The number of hydrogen-bond donors (Lipinski definition) is 2. The van der Waals surface area contributed by atoms with Crippen LogP contribution in [0.1, 0.15) is 48.1 Å². The number of aryl methyl sites for hydroxylation is 1. The van der Waals surface area contributed by atoms with Crippen LogP contribution in [0.5, 0.6) is 0 Å². The summed E-state index contributed by atoms with van der Waals surface area (Å²) in [4.78, 5) is 26.5. The summed E-state index contributed by atoms with van der Waals surface area (Å²) >= 11 is 0. The SMILES string of the molecule is C#C.CC.CC(=O)c1cc(/C=C2\C(=O)Nc3ccc(F)cc32)[nH]c1C. The number of Topliss-reactive ketones (excluding diaryl/α,β-unsaturated/α-hetero) is 1. The first kappa shape index (κ1) is 19.9. The number of aromatic amines is 1. The number of carbonyl (C=O) groups excluding carboxylic acids is 2. The number of H-pyrrole nitrogens is 1. The van der Waals surface area contributed by atoms with Crippen molar-refractivity contribution in [2.75, 3.05) is 5.32 Å². The minimum absolute atomic E-state index is 0.0456. The van der Waals surface area contributed by atoms with Gasteiger partial charge in [-0.3, -0.25) is 9.59 Å². The topological polar surface area (TPSA) is 62.0 Å². The molecule has 2 N–H and O–H groups in total. The predicted octanol–water partition coefficient (Wildman–Crippen LogP) is 4.43. The van der Waals surface area contributed by atoms with Gasteiger partial charge in [0.25, 0.3) is 5.91 Å². The van der Waals surface area contributed by atoms with Gasteiger partial charge >= 0.3 is 0 Å². The molecule has 4 nitrogen and oxygen atoms in total. The van der Waals surface area contributed by atoms with Crippen LogP contribution in [0.25, 0.3) is 11.6 Å². The van der Waals surface area contributed by atoms with E-state index in [1.807, 2.05) is 13.8 Å². The summed E-state index contributed by atoms with van der Waals surface area (Å²) in [5.41, 5.74) is 3.45. The van der Waals surface area contributed by atoms with Crippen molar-refractivity contribution < 1.29 is 14.0 Å². The van der Waals surface area contributed by atoms with Gasteiger partial charge in [0.2, 0.25) is 0 Å². The Morgan fingerprint density at radius 3 is 2.40 bits per heavy atom. The van der Waals surface area contributed by atoms with Crippen molar-refractivity contribution in [3.8, 4) is 12.8 Å². The smallest absolute Gasteiger partial charge is 0.256 e. The number of amides is 1. The van der Waals surface area contributed by atoms with Gasteiger partial charge in [0.05, 0.1) is 5.57 Å². The molecule has 1 aliphatic rings. The lowest BCUT2D eigenvalue weighted by molar-refractivity contribution is -0.110. The van der Waals surface area contributed by atoms with Crippen LogP contribution in [0.15, 0.2) is 24.3 Å². The van der Waals surface area contributed by atoms with E-state index >= 15 is 0 Å². The number of anilines is 1. The van der Waals surface area contributed by atoms with Crippen molar-refractivity contribution in [3.63, 3.8) is 0 Å². The lowest BCUT2D eigenvalue weighted by atomic mass is 10.1. The van der Waals surface area contributed by atoms with Crippen molar-refractivity contribution in [1.82, 2.24) is 4.98 Å². The summed E-state index contributed by atoms with van der Waals surface area (Å²) in [7, 11) is 0. The minimum Gasteiger partial charge on any atom is -0.358 e. The standard InChI is InChI=1S/C16H13FN2O2.C2H6.C2H2/c1-8-12(9(2)20)6-11(18-8)7-14-13-5-10(17)3-4-15(13)19-16(14)21;2*1-2/h3-7,18H,1-2H3,(H,19,21);1-2H3;1-2H/b14-7-;;. The molecule has 1 aromatic heterocycles. The zero-order valence-corrected chi connectivity index (χ0v) is 14.7. The lowest BCUT2D eigenvalue weighted by Gasteiger charge is -1.97. The quantitative estimate of drug-likeness (QED) is 0.482. The zero-order chi connectivity index (χ0) is 19.1. The van der Waals surface area contributed by atoms with Crippen molar-refractivity contribution in [3.05, 3.63) is 52.6 Å². The van der Waals surface area contributed by atoms with E-state index in [0.29, 0.717) is 28.1 Å². The molecule has 1 aromatic carbocycles. The Hall–Kier alpha value is -3.13. The van der Waals surface area contributed by atoms with E-state index in [2.05, 4.69) is 23.1 Å². The summed E-state index contributed by atoms with van der Waals surface area (Å²) in [6.45, 7) is 7.28. The van der Waals surface area contributed by atoms with Crippen LogP contribution in [0, 0.1) is 25.6 Å². The highest BCUT2D eigenvalue weighted by Crippen LogP contribution is 2.33. The third-order valence-corrected chi connectivity index (χ3v) is 3.48. The molecule has 0 spiro atoms. The Morgan fingerprint density at radius 2 is 1.84 bits per heavy atom. The third-order valence-electron chi connectivity index (χ3n) is 3.48. The molecule has 0 saturated carbocycles. The second-order valence-corrected chi connectivity index (χ2v) is 5.02. The zero-order valence-electron chi connectivity index (χ0n) is 14.7. The molecule has 0 bridgehead atoms. The van der Waals surface area contributed by atoms with Gasteiger partial charge in [-0.2, -0.15) is 0 Å². The number of terminal acetylenes is 1. The maximum atomic E-state index is 13.4. The average Bonchev–Trinajstić information content (AvgIpc) is 3.12. The fraction of sp³-hybridized carbons (Fsp3) is 0.200. The Balaban J connectivity index is 0.000000730. The molecule has 0 saturated heterocycles. The number of aromatic nitrogens is 1. The molecule has 0 fully saturated rings. The minimum atomic E-state index is -0.400. The first-order valence-corrected chi connectivity index (χ1v) is 7.82.